The molecule has 3 heteroatoms. The second-order valence-electron chi connectivity index (χ2n) is 6.61. The van der Waals surface area contributed by atoms with Crippen molar-refractivity contribution in [2.24, 2.45) is 0 Å². The number of carbonyl (C=O) groups is 1. The van der Waals surface area contributed by atoms with Crippen LogP contribution in [0.4, 0.5) is 5.69 Å². The number of ketones is 1. The molecule has 0 heterocycles. The van der Waals surface area contributed by atoms with Crippen molar-refractivity contribution in [2.75, 3.05) is 5.32 Å². The monoisotopic (exact) mass is 407 g/mol. The number of hydrogen-bond acceptors (Lipinski definition) is 2. The molecule has 0 amide bonds. The molecule has 26 heavy (non-hydrogen) atoms. The number of carbonyl (C=O) groups excluding carboxylic acids is 1. The maximum absolute atomic E-state index is 12.8. The lowest BCUT2D eigenvalue weighted by Crippen LogP contribution is -2.16. The minimum absolute atomic E-state index is 0.0782. The number of rotatable bonds is 6. The Hall–Kier alpha value is -2.39. The van der Waals surface area contributed by atoms with Crippen LogP contribution in [-0.2, 0) is 0 Å². The molecule has 1 unspecified atom stereocenters. The maximum atomic E-state index is 12.8. The van der Waals surface area contributed by atoms with Crippen molar-refractivity contribution in [3.8, 4) is 0 Å². The lowest BCUT2D eigenvalue weighted by atomic mass is 9.96. The molecule has 3 rings (SSSR count). The minimum atomic E-state index is -0.0782. The predicted octanol–water partition coefficient (Wildman–Crippen LogP) is 6.49. The minimum Gasteiger partial charge on any atom is -0.378 e. The molecule has 0 saturated carbocycles. The van der Waals surface area contributed by atoms with E-state index in [1.165, 1.54) is 5.56 Å². The Morgan fingerprint density at radius 3 is 1.96 bits per heavy atom. The van der Waals surface area contributed by atoms with Crippen molar-refractivity contribution in [1.82, 2.24) is 0 Å². The van der Waals surface area contributed by atoms with Crippen LogP contribution in [0.2, 0.25) is 0 Å². The fourth-order valence-electron chi connectivity index (χ4n) is 2.84. The van der Waals surface area contributed by atoms with E-state index in [2.05, 4.69) is 52.4 Å². The quantitative estimate of drug-likeness (QED) is 0.472. The highest BCUT2D eigenvalue weighted by molar-refractivity contribution is 9.10. The predicted molar refractivity (Wildman–Crippen MR) is 112 cm³/mol. The molecule has 0 bridgehead atoms. The number of halogens is 1. The molecule has 0 aliphatic rings. The normalized spacial score (nSPS) is 11.8. The summed E-state index contributed by atoms with van der Waals surface area (Å²) in [6.45, 7) is 4.09. The van der Waals surface area contributed by atoms with Crippen LogP contribution in [-0.4, -0.2) is 5.78 Å². The Bertz CT molecular complexity index is 868. The molecule has 132 valence electrons. The number of anilines is 1. The molecule has 0 aliphatic heterocycles. The van der Waals surface area contributed by atoms with Gasteiger partial charge in [-0.25, -0.2) is 0 Å². The van der Waals surface area contributed by atoms with Crippen molar-refractivity contribution in [3.05, 3.63) is 99.5 Å². The molecule has 1 atom stereocenters. The highest BCUT2D eigenvalue weighted by Crippen LogP contribution is 2.26. The van der Waals surface area contributed by atoms with Gasteiger partial charge in [0, 0.05) is 22.1 Å². The van der Waals surface area contributed by atoms with Crippen molar-refractivity contribution >= 4 is 27.4 Å². The summed E-state index contributed by atoms with van der Waals surface area (Å²) >= 11 is 3.46. The molecule has 0 aromatic heterocycles. The zero-order valence-corrected chi connectivity index (χ0v) is 16.6. The fourth-order valence-corrected chi connectivity index (χ4v) is 3.11. The van der Waals surface area contributed by atoms with Gasteiger partial charge in [0.1, 0.15) is 0 Å². The van der Waals surface area contributed by atoms with Crippen LogP contribution in [0.1, 0.15) is 39.5 Å². The van der Waals surface area contributed by atoms with E-state index in [9.17, 15) is 4.79 Å². The first-order valence-electron chi connectivity index (χ1n) is 8.70. The average Bonchev–Trinajstić information content (AvgIpc) is 2.64. The number of hydrogen-bond donors (Lipinski definition) is 1. The summed E-state index contributed by atoms with van der Waals surface area (Å²) in [5.74, 6) is 0.139. The Kier molecular flexibility index (Phi) is 5.89. The van der Waals surface area contributed by atoms with Gasteiger partial charge in [-0.2, -0.15) is 0 Å². The Morgan fingerprint density at radius 1 is 0.846 bits per heavy atom. The molecule has 0 radical (unpaired) electrons. The van der Waals surface area contributed by atoms with E-state index in [0.29, 0.717) is 6.42 Å². The maximum Gasteiger partial charge on any atom is 0.165 e. The van der Waals surface area contributed by atoms with E-state index in [1.807, 2.05) is 55.5 Å². The molecule has 0 aliphatic carbocycles. The van der Waals surface area contributed by atoms with Gasteiger partial charge in [-0.05, 0) is 43.7 Å². The largest absolute Gasteiger partial charge is 0.378 e. The second kappa shape index (κ2) is 8.33. The number of Topliss-reactive ketones (excluding diaryl/α,β-unsaturated/α-hetero) is 1. The van der Waals surface area contributed by atoms with Crippen LogP contribution in [0.3, 0.4) is 0 Å². The molecular formula is C23H22BrNO. The molecule has 0 saturated heterocycles. The lowest BCUT2D eigenvalue weighted by Gasteiger charge is -2.20. The van der Waals surface area contributed by atoms with Gasteiger partial charge >= 0.3 is 0 Å². The molecule has 0 fully saturated rings. The standard InChI is InChI=1S/C23H22BrNO/c1-16-3-7-18(8-4-16)22(25-21-13-11-20(24)12-14-21)15-23(26)19-9-5-17(2)6-10-19/h3-14,22,25H,15H2,1-2H3. The van der Waals surface area contributed by atoms with Crippen LogP contribution < -0.4 is 5.32 Å². The van der Waals surface area contributed by atoms with E-state index in [1.54, 1.807) is 0 Å². The van der Waals surface area contributed by atoms with Gasteiger partial charge < -0.3 is 5.32 Å². The highest BCUT2D eigenvalue weighted by Gasteiger charge is 2.17. The van der Waals surface area contributed by atoms with Crippen molar-refractivity contribution in [2.45, 2.75) is 26.3 Å². The van der Waals surface area contributed by atoms with E-state index < -0.39 is 0 Å². The van der Waals surface area contributed by atoms with Crippen LogP contribution in [0.5, 0.6) is 0 Å². The van der Waals surface area contributed by atoms with E-state index in [-0.39, 0.29) is 11.8 Å². The third kappa shape index (κ3) is 4.83. The fraction of sp³-hybridized carbons (Fsp3) is 0.174. The summed E-state index contributed by atoms with van der Waals surface area (Å²) in [5, 5.41) is 3.51. The second-order valence-corrected chi connectivity index (χ2v) is 7.52. The molecule has 0 spiro atoms. The van der Waals surface area contributed by atoms with Crippen LogP contribution in [0, 0.1) is 13.8 Å². The Balaban J connectivity index is 1.84. The van der Waals surface area contributed by atoms with E-state index in [0.717, 1.165) is 26.9 Å². The Morgan fingerprint density at radius 2 is 1.38 bits per heavy atom. The SMILES string of the molecule is Cc1ccc(C(=O)CC(Nc2ccc(Br)cc2)c2ccc(C)cc2)cc1. The van der Waals surface area contributed by atoms with Crippen LogP contribution >= 0.6 is 15.9 Å². The smallest absolute Gasteiger partial charge is 0.165 e. The third-order valence-electron chi connectivity index (χ3n) is 4.43. The summed E-state index contributed by atoms with van der Waals surface area (Å²) in [7, 11) is 0. The molecule has 3 aromatic carbocycles. The van der Waals surface area contributed by atoms with Gasteiger partial charge in [-0.15, -0.1) is 0 Å². The highest BCUT2D eigenvalue weighted by atomic mass is 79.9. The summed E-state index contributed by atoms with van der Waals surface area (Å²) in [6, 6.07) is 24.1. The summed E-state index contributed by atoms with van der Waals surface area (Å²) < 4.78 is 1.03. The molecular weight excluding hydrogens is 386 g/mol. The van der Waals surface area contributed by atoms with E-state index >= 15 is 0 Å². The van der Waals surface area contributed by atoms with Gasteiger partial charge in [0.2, 0.25) is 0 Å². The molecule has 1 N–H and O–H groups in total. The van der Waals surface area contributed by atoms with Crippen molar-refractivity contribution in [1.29, 1.82) is 0 Å². The van der Waals surface area contributed by atoms with E-state index in [4.69, 9.17) is 0 Å². The lowest BCUT2D eigenvalue weighted by molar-refractivity contribution is 0.0976. The van der Waals surface area contributed by atoms with Crippen molar-refractivity contribution in [3.63, 3.8) is 0 Å². The van der Waals surface area contributed by atoms with Gasteiger partial charge in [0.15, 0.2) is 5.78 Å². The first-order valence-corrected chi connectivity index (χ1v) is 9.49. The third-order valence-corrected chi connectivity index (χ3v) is 4.96. The summed E-state index contributed by atoms with van der Waals surface area (Å²) in [4.78, 5) is 12.8. The number of benzene rings is 3. The number of nitrogens with one attached hydrogen (secondary N) is 1. The summed E-state index contributed by atoms with van der Waals surface area (Å²) in [6.07, 6.45) is 0.405. The zero-order chi connectivity index (χ0) is 18.5. The summed E-state index contributed by atoms with van der Waals surface area (Å²) in [5.41, 5.74) is 5.23. The molecule has 3 aromatic rings. The molecule has 2 nitrogen and oxygen atoms in total. The average molecular weight is 408 g/mol. The van der Waals surface area contributed by atoms with Gasteiger partial charge in [0.25, 0.3) is 0 Å². The first kappa shape index (κ1) is 18.4. The Labute approximate surface area is 163 Å². The zero-order valence-electron chi connectivity index (χ0n) is 15.0. The topological polar surface area (TPSA) is 29.1 Å². The number of aryl methyl sites for hydroxylation is 2. The van der Waals surface area contributed by atoms with Gasteiger partial charge in [0.05, 0.1) is 6.04 Å². The van der Waals surface area contributed by atoms with Gasteiger partial charge in [-0.3, -0.25) is 4.79 Å². The van der Waals surface area contributed by atoms with Crippen molar-refractivity contribution < 1.29 is 4.79 Å². The van der Waals surface area contributed by atoms with Gasteiger partial charge in [-0.1, -0.05) is 75.6 Å². The van der Waals surface area contributed by atoms with Crippen LogP contribution in [0.25, 0.3) is 0 Å². The van der Waals surface area contributed by atoms with Crippen LogP contribution in [0.15, 0.2) is 77.3 Å². The first-order chi connectivity index (χ1) is 12.5.